The summed E-state index contributed by atoms with van der Waals surface area (Å²) in [5.41, 5.74) is 6.21. The molecule has 5 fully saturated rings. The molecule has 7 unspecified atom stereocenters. The molecule has 3 saturated carbocycles. The van der Waals surface area contributed by atoms with Crippen LogP contribution in [0.3, 0.4) is 0 Å². The van der Waals surface area contributed by atoms with E-state index >= 15 is 0 Å². The molecule has 0 radical (unpaired) electrons. The number of fused-ring (bicyclic) bond motifs is 7. The van der Waals surface area contributed by atoms with Gasteiger partial charge < -0.3 is 25.2 Å². The van der Waals surface area contributed by atoms with Crippen molar-refractivity contribution in [2.45, 2.75) is 111 Å². The van der Waals surface area contributed by atoms with Crippen LogP contribution in [0.2, 0.25) is 0 Å². The van der Waals surface area contributed by atoms with Gasteiger partial charge in [-0.3, -0.25) is 0 Å². The number of hydrogen-bond acceptors (Lipinski definition) is 7. The average Bonchev–Trinajstić information content (AvgIpc) is 3.82. The fourth-order valence-electron chi connectivity index (χ4n) is 14.0. The van der Waals surface area contributed by atoms with Crippen LogP contribution in [-0.4, -0.2) is 93.6 Å². The average molecular weight is 775 g/mol. The Hall–Kier alpha value is -2.69. The van der Waals surface area contributed by atoms with E-state index in [9.17, 15) is 18.0 Å². The minimum atomic E-state index is -2.91. The van der Waals surface area contributed by atoms with Crippen molar-refractivity contribution in [1.82, 2.24) is 20.4 Å². The maximum Gasteiger partial charge on any atom is 0.337 e. The largest absolute Gasteiger partial charge is 0.465 e. The highest BCUT2D eigenvalue weighted by Crippen LogP contribution is 2.76. The van der Waals surface area contributed by atoms with Gasteiger partial charge >= 0.3 is 12.0 Å². The molecule has 9 nitrogen and oxygen atoms in total. The number of likely N-dealkylation sites (tertiary alicyclic amines) is 1. The summed E-state index contributed by atoms with van der Waals surface area (Å²) in [6.45, 7) is 17.4. The number of nitrogens with zero attached hydrogens (tertiary/aromatic N) is 2. The Labute approximate surface area is 330 Å². The van der Waals surface area contributed by atoms with Crippen LogP contribution in [0, 0.1) is 39.4 Å². The van der Waals surface area contributed by atoms with E-state index in [0.717, 1.165) is 71.1 Å². The minimum absolute atomic E-state index is 0.00987. The summed E-state index contributed by atoms with van der Waals surface area (Å²) in [4.78, 5) is 30.2. The molecule has 2 amide bonds. The molecule has 1 aromatic rings. The number of esters is 1. The van der Waals surface area contributed by atoms with E-state index in [1.165, 1.54) is 55.2 Å². The summed E-state index contributed by atoms with van der Waals surface area (Å²) in [6.07, 6.45) is 14.7. The lowest BCUT2D eigenvalue weighted by molar-refractivity contribution is -0.194. The number of nitrogens with one attached hydrogen (secondary N) is 2. The standard InChI is InChI=1S/C45H66N4O5S/c1-41(2)33(31-9-11-32(12-10-31)39(50)54-6)15-18-42(3)36(41)17-19-44(5)37(42)14-13-34-38-35(47-40(51)49-24-7-8-25-49)16-20-45(38,22-21-43(34,44)4)46-23-26-48-27-29-55(52,53)30-28-48/h9-12,15,34,36-37,46H,7-8,13-14,16-30H2,1-6H3,(H,47,51). The zero-order chi connectivity index (χ0) is 39.0. The van der Waals surface area contributed by atoms with Gasteiger partial charge in [-0.05, 0) is 139 Å². The van der Waals surface area contributed by atoms with Crippen LogP contribution in [0.4, 0.5) is 4.79 Å². The third kappa shape index (κ3) is 6.34. The number of methoxy groups -OCH3 is 1. The molecule has 10 heteroatoms. The summed E-state index contributed by atoms with van der Waals surface area (Å²) in [5.74, 6) is 1.77. The highest BCUT2D eigenvalue weighted by Gasteiger charge is 2.69. The molecule has 2 aliphatic heterocycles. The quantitative estimate of drug-likeness (QED) is 0.277. The van der Waals surface area contributed by atoms with Gasteiger partial charge in [0.15, 0.2) is 9.84 Å². The Morgan fingerprint density at radius 3 is 2.25 bits per heavy atom. The van der Waals surface area contributed by atoms with Gasteiger partial charge in [-0.1, -0.05) is 52.8 Å². The van der Waals surface area contributed by atoms with Crippen molar-refractivity contribution in [3.63, 3.8) is 0 Å². The summed E-state index contributed by atoms with van der Waals surface area (Å²) in [7, 11) is -1.48. The van der Waals surface area contributed by atoms with Crippen LogP contribution < -0.4 is 10.6 Å². The predicted molar refractivity (Wildman–Crippen MR) is 218 cm³/mol. The van der Waals surface area contributed by atoms with Crippen LogP contribution in [0.5, 0.6) is 0 Å². The molecule has 2 saturated heterocycles. The summed E-state index contributed by atoms with van der Waals surface area (Å²) < 4.78 is 29.2. The number of carbonyl (C=O) groups is 2. The van der Waals surface area contributed by atoms with E-state index in [2.05, 4.69) is 68.4 Å². The van der Waals surface area contributed by atoms with Crippen LogP contribution in [-0.2, 0) is 14.6 Å². The van der Waals surface area contributed by atoms with Crippen LogP contribution in [0.15, 0.2) is 41.6 Å². The Balaban J connectivity index is 1.08. The fourth-order valence-corrected chi connectivity index (χ4v) is 15.3. The van der Waals surface area contributed by atoms with E-state index in [0.29, 0.717) is 36.4 Å². The molecule has 0 bridgehead atoms. The molecule has 0 spiro atoms. The van der Waals surface area contributed by atoms with Crippen LogP contribution >= 0.6 is 0 Å². The monoisotopic (exact) mass is 774 g/mol. The number of ether oxygens (including phenoxy) is 1. The highest BCUT2D eigenvalue weighted by molar-refractivity contribution is 7.91. The van der Waals surface area contributed by atoms with Gasteiger partial charge in [0.1, 0.15) is 0 Å². The van der Waals surface area contributed by atoms with Crippen molar-refractivity contribution in [2.24, 2.45) is 39.4 Å². The minimum Gasteiger partial charge on any atom is -0.465 e. The molecule has 7 aliphatic rings. The van der Waals surface area contributed by atoms with Crippen molar-refractivity contribution in [2.75, 3.05) is 57.9 Å². The van der Waals surface area contributed by atoms with Gasteiger partial charge in [0.25, 0.3) is 0 Å². The molecular weight excluding hydrogens is 709 g/mol. The van der Waals surface area contributed by atoms with E-state index in [4.69, 9.17) is 4.74 Å². The predicted octanol–water partition coefficient (Wildman–Crippen LogP) is 7.45. The smallest absolute Gasteiger partial charge is 0.337 e. The van der Waals surface area contributed by atoms with E-state index < -0.39 is 9.84 Å². The number of sulfone groups is 1. The molecule has 55 heavy (non-hydrogen) atoms. The van der Waals surface area contributed by atoms with Gasteiger partial charge in [-0.2, -0.15) is 0 Å². The molecular formula is C45H66N4O5S. The Morgan fingerprint density at radius 2 is 1.56 bits per heavy atom. The number of urea groups is 1. The SMILES string of the molecule is COC(=O)c1ccc(C2=CCC3(C)C(CCC4(C)C3CCC3C5=C(NC(=O)N6CCCC6)CCC5(NCCN5CCS(=O)(=O)CC5)CCC34C)C2(C)C)cc1. The number of carbonyl (C=O) groups excluding carboxylic acids is 2. The Kier molecular flexibility index (Phi) is 9.97. The number of rotatable bonds is 7. The summed E-state index contributed by atoms with van der Waals surface area (Å²) in [5, 5.41) is 7.66. The molecule has 0 aromatic heterocycles. The third-order valence-electron chi connectivity index (χ3n) is 17.1. The van der Waals surface area contributed by atoms with E-state index in [-0.39, 0.29) is 50.7 Å². The molecule has 1 aromatic carbocycles. The van der Waals surface area contributed by atoms with Gasteiger partial charge in [-0.25, -0.2) is 18.0 Å². The van der Waals surface area contributed by atoms with Crippen molar-refractivity contribution >= 4 is 27.4 Å². The Morgan fingerprint density at radius 1 is 0.855 bits per heavy atom. The molecule has 302 valence electrons. The molecule has 8 rings (SSSR count). The zero-order valence-electron chi connectivity index (χ0n) is 34.4. The second-order valence-corrected chi connectivity index (χ2v) is 22.0. The van der Waals surface area contributed by atoms with Crippen LogP contribution in [0.1, 0.15) is 121 Å². The van der Waals surface area contributed by atoms with Gasteiger partial charge in [0.2, 0.25) is 0 Å². The number of allylic oxidation sites excluding steroid dienone is 3. The zero-order valence-corrected chi connectivity index (χ0v) is 35.2. The second-order valence-electron chi connectivity index (χ2n) is 19.7. The second kappa shape index (κ2) is 14.0. The first-order valence-corrected chi connectivity index (χ1v) is 23.3. The molecule has 5 aliphatic carbocycles. The van der Waals surface area contributed by atoms with Gasteiger partial charge in [0, 0.05) is 50.5 Å². The van der Waals surface area contributed by atoms with Crippen LogP contribution in [0.25, 0.3) is 5.57 Å². The van der Waals surface area contributed by atoms with E-state index in [1.54, 1.807) is 0 Å². The number of hydrogen-bond donors (Lipinski definition) is 2. The van der Waals surface area contributed by atoms with Gasteiger partial charge in [-0.15, -0.1) is 0 Å². The summed E-state index contributed by atoms with van der Waals surface area (Å²) >= 11 is 0. The first-order chi connectivity index (χ1) is 26.1. The maximum atomic E-state index is 13.7. The van der Waals surface area contributed by atoms with Crippen molar-refractivity contribution < 1.29 is 22.7 Å². The molecule has 7 atom stereocenters. The first kappa shape index (κ1) is 39.2. The highest BCUT2D eigenvalue weighted by atomic mass is 32.2. The lowest BCUT2D eigenvalue weighted by Crippen LogP contribution is -2.66. The van der Waals surface area contributed by atoms with Gasteiger partial charge in [0.05, 0.1) is 24.2 Å². The Bertz CT molecular complexity index is 1850. The lowest BCUT2D eigenvalue weighted by Gasteiger charge is -2.71. The van der Waals surface area contributed by atoms with Crippen molar-refractivity contribution in [3.05, 3.63) is 52.7 Å². The molecule has 2 N–H and O–H groups in total. The lowest BCUT2D eigenvalue weighted by atomic mass is 9.33. The number of amides is 2. The molecule has 2 heterocycles. The van der Waals surface area contributed by atoms with E-state index in [1.807, 2.05) is 17.0 Å². The fraction of sp³-hybridized carbons (Fsp3) is 0.733. The van der Waals surface area contributed by atoms with Crippen molar-refractivity contribution in [1.29, 1.82) is 0 Å². The first-order valence-electron chi connectivity index (χ1n) is 21.4. The summed E-state index contributed by atoms with van der Waals surface area (Å²) in [6, 6.07) is 8.11. The third-order valence-corrected chi connectivity index (χ3v) is 18.7. The normalized spacial score (nSPS) is 38.0. The number of benzene rings is 1. The van der Waals surface area contributed by atoms with Crippen molar-refractivity contribution in [3.8, 4) is 0 Å². The maximum absolute atomic E-state index is 13.7. The topological polar surface area (TPSA) is 108 Å².